The Kier molecular flexibility index (Phi) is 2.85. The molecule has 0 aliphatic heterocycles. The number of nitrogens with two attached hydrogens (primary N) is 1. The fourth-order valence-electron chi connectivity index (χ4n) is 4.65. The molecule has 0 aromatic carbocycles. The molecule has 0 saturated heterocycles. The Bertz CT molecular complexity index is 327. The van der Waals surface area contributed by atoms with Crippen LogP contribution in [0.1, 0.15) is 32.1 Å². The van der Waals surface area contributed by atoms with Crippen molar-refractivity contribution < 1.29 is 4.79 Å². The topological polar surface area (TPSA) is 55.1 Å². The summed E-state index contributed by atoms with van der Waals surface area (Å²) in [6, 6.07) is 0. The molecule has 1 amide bonds. The third kappa shape index (κ3) is 2.07. The van der Waals surface area contributed by atoms with Gasteiger partial charge in [0.05, 0.1) is 11.5 Å². The Hall–Kier alpha value is -0.640. The molecule has 4 heteroatoms. The fraction of sp³-hybridized carbons (Fsp3) is 0.846. The molecule has 0 radical (unpaired) electrons. The van der Waals surface area contributed by atoms with Gasteiger partial charge in [0, 0.05) is 5.92 Å². The van der Waals surface area contributed by atoms with Gasteiger partial charge in [0.15, 0.2) is 0 Å². The van der Waals surface area contributed by atoms with Gasteiger partial charge in [-0.3, -0.25) is 4.79 Å². The van der Waals surface area contributed by atoms with Gasteiger partial charge >= 0.3 is 0 Å². The number of nitrogens with one attached hydrogen (secondary N) is 1. The van der Waals surface area contributed by atoms with Crippen molar-refractivity contribution in [3.63, 3.8) is 0 Å². The van der Waals surface area contributed by atoms with Crippen LogP contribution >= 0.6 is 12.2 Å². The van der Waals surface area contributed by atoms with Crippen molar-refractivity contribution in [2.45, 2.75) is 32.1 Å². The molecule has 0 atom stereocenters. The molecule has 94 valence electrons. The number of rotatable bonds is 3. The standard InChI is InChI=1S/C13H20N2OS/c14-11(17)6-15-13(16)12-9-2-7-1-8(4-9)5-10(12)3-7/h7-10,12H,1-6H2,(H2,14,17)(H,15,16). The first-order valence-electron chi connectivity index (χ1n) is 6.69. The maximum Gasteiger partial charge on any atom is 0.224 e. The molecule has 3 N–H and O–H groups in total. The van der Waals surface area contributed by atoms with E-state index in [0.717, 1.165) is 11.8 Å². The fourth-order valence-corrected chi connectivity index (χ4v) is 4.72. The summed E-state index contributed by atoms with van der Waals surface area (Å²) in [6.45, 7) is 0.358. The van der Waals surface area contributed by atoms with Crippen molar-refractivity contribution in [2.24, 2.45) is 35.3 Å². The zero-order chi connectivity index (χ0) is 12.0. The van der Waals surface area contributed by atoms with E-state index in [9.17, 15) is 4.79 Å². The number of carbonyl (C=O) groups is 1. The van der Waals surface area contributed by atoms with Crippen LogP contribution < -0.4 is 11.1 Å². The SMILES string of the molecule is NC(=S)CNC(=O)C1C2CC3CC(C2)CC1C3. The van der Waals surface area contributed by atoms with Crippen LogP contribution in [0.3, 0.4) is 0 Å². The molecular weight excluding hydrogens is 232 g/mol. The van der Waals surface area contributed by atoms with E-state index in [1.165, 1.54) is 32.1 Å². The van der Waals surface area contributed by atoms with Crippen molar-refractivity contribution in [2.75, 3.05) is 6.54 Å². The summed E-state index contributed by atoms with van der Waals surface area (Å²) in [6.07, 6.45) is 6.53. The van der Waals surface area contributed by atoms with E-state index < -0.39 is 0 Å². The second-order valence-electron chi connectivity index (χ2n) is 6.14. The molecule has 4 rings (SSSR count). The van der Waals surface area contributed by atoms with Gasteiger partial charge in [-0.15, -0.1) is 0 Å². The van der Waals surface area contributed by atoms with Crippen LogP contribution in [0.15, 0.2) is 0 Å². The molecule has 4 aliphatic rings. The molecular formula is C13H20N2OS. The maximum atomic E-state index is 12.2. The molecule has 4 fully saturated rings. The Morgan fingerprint density at radius 1 is 1.12 bits per heavy atom. The van der Waals surface area contributed by atoms with Crippen LogP contribution in [0.2, 0.25) is 0 Å². The summed E-state index contributed by atoms with van der Waals surface area (Å²) >= 11 is 4.81. The van der Waals surface area contributed by atoms with Crippen molar-refractivity contribution in [1.82, 2.24) is 5.32 Å². The van der Waals surface area contributed by atoms with Crippen LogP contribution in [-0.2, 0) is 4.79 Å². The average molecular weight is 252 g/mol. The predicted octanol–water partition coefficient (Wildman–Crippen LogP) is 1.46. The molecule has 0 heterocycles. The van der Waals surface area contributed by atoms with Crippen molar-refractivity contribution in [3.05, 3.63) is 0 Å². The van der Waals surface area contributed by atoms with E-state index >= 15 is 0 Å². The Balaban J connectivity index is 1.67. The summed E-state index contributed by atoms with van der Waals surface area (Å²) in [4.78, 5) is 12.6. The highest BCUT2D eigenvalue weighted by Gasteiger charge is 2.50. The smallest absolute Gasteiger partial charge is 0.224 e. The molecule has 4 bridgehead atoms. The first-order chi connectivity index (χ1) is 8.13. The van der Waals surface area contributed by atoms with Crippen molar-refractivity contribution in [1.29, 1.82) is 0 Å². The number of hydrogen-bond donors (Lipinski definition) is 2. The lowest BCUT2D eigenvalue weighted by molar-refractivity contribution is -0.137. The van der Waals surface area contributed by atoms with Gasteiger partial charge in [-0.25, -0.2) is 0 Å². The van der Waals surface area contributed by atoms with E-state index in [0.29, 0.717) is 23.4 Å². The monoisotopic (exact) mass is 252 g/mol. The van der Waals surface area contributed by atoms with Gasteiger partial charge in [-0.1, -0.05) is 12.2 Å². The molecule has 17 heavy (non-hydrogen) atoms. The highest BCUT2D eigenvalue weighted by molar-refractivity contribution is 7.80. The van der Waals surface area contributed by atoms with Crippen LogP contribution in [0, 0.1) is 29.6 Å². The second kappa shape index (κ2) is 4.23. The maximum absolute atomic E-state index is 12.2. The highest BCUT2D eigenvalue weighted by Crippen LogP contribution is 2.56. The molecule has 0 aromatic rings. The van der Waals surface area contributed by atoms with Crippen molar-refractivity contribution >= 4 is 23.1 Å². The number of thiocarbonyl (C=S) groups is 1. The van der Waals surface area contributed by atoms with E-state index in [1.807, 2.05) is 0 Å². The quantitative estimate of drug-likeness (QED) is 0.748. The first-order valence-corrected chi connectivity index (χ1v) is 7.10. The summed E-state index contributed by atoms with van der Waals surface area (Å²) in [5.74, 6) is 3.55. The van der Waals surface area contributed by atoms with Gasteiger partial charge in [0.25, 0.3) is 0 Å². The lowest BCUT2D eigenvalue weighted by Crippen LogP contribution is -2.51. The van der Waals surface area contributed by atoms with E-state index in [4.69, 9.17) is 18.0 Å². The van der Waals surface area contributed by atoms with Crippen LogP contribution in [0.4, 0.5) is 0 Å². The third-order valence-electron chi connectivity index (χ3n) is 4.97. The average Bonchev–Trinajstić information content (AvgIpc) is 2.24. The van der Waals surface area contributed by atoms with Crippen LogP contribution in [-0.4, -0.2) is 17.4 Å². The highest BCUT2D eigenvalue weighted by atomic mass is 32.1. The van der Waals surface area contributed by atoms with Gasteiger partial charge in [0.1, 0.15) is 0 Å². The number of carbonyl (C=O) groups excluding carboxylic acids is 1. The van der Waals surface area contributed by atoms with Crippen LogP contribution in [0.5, 0.6) is 0 Å². The largest absolute Gasteiger partial charge is 0.392 e. The zero-order valence-corrected chi connectivity index (χ0v) is 10.8. The van der Waals surface area contributed by atoms with Gasteiger partial charge in [-0.2, -0.15) is 0 Å². The van der Waals surface area contributed by atoms with E-state index in [2.05, 4.69) is 5.32 Å². The molecule has 0 unspecified atom stereocenters. The van der Waals surface area contributed by atoms with Gasteiger partial charge < -0.3 is 11.1 Å². The number of hydrogen-bond acceptors (Lipinski definition) is 2. The minimum atomic E-state index is 0.201. The lowest BCUT2D eigenvalue weighted by Gasteiger charge is -2.53. The summed E-state index contributed by atoms with van der Waals surface area (Å²) in [7, 11) is 0. The minimum absolute atomic E-state index is 0.201. The van der Waals surface area contributed by atoms with E-state index in [-0.39, 0.29) is 11.8 Å². The Morgan fingerprint density at radius 3 is 2.12 bits per heavy atom. The van der Waals surface area contributed by atoms with Gasteiger partial charge in [-0.05, 0) is 55.8 Å². The van der Waals surface area contributed by atoms with Gasteiger partial charge in [0.2, 0.25) is 5.91 Å². The number of amides is 1. The molecule has 3 nitrogen and oxygen atoms in total. The Morgan fingerprint density at radius 2 is 1.65 bits per heavy atom. The predicted molar refractivity (Wildman–Crippen MR) is 70.3 cm³/mol. The lowest BCUT2D eigenvalue weighted by atomic mass is 9.51. The molecule has 4 saturated carbocycles. The zero-order valence-electron chi connectivity index (χ0n) is 10.0. The van der Waals surface area contributed by atoms with Crippen LogP contribution in [0.25, 0.3) is 0 Å². The van der Waals surface area contributed by atoms with E-state index in [1.54, 1.807) is 0 Å². The molecule has 4 aliphatic carbocycles. The minimum Gasteiger partial charge on any atom is -0.392 e. The Labute approximate surface area is 108 Å². The molecule has 0 aromatic heterocycles. The second-order valence-corrected chi connectivity index (χ2v) is 6.66. The third-order valence-corrected chi connectivity index (χ3v) is 5.11. The first kappa shape index (κ1) is 11.5. The summed E-state index contributed by atoms with van der Waals surface area (Å²) < 4.78 is 0. The summed E-state index contributed by atoms with van der Waals surface area (Å²) in [5.41, 5.74) is 5.43. The van der Waals surface area contributed by atoms with Crippen molar-refractivity contribution in [3.8, 4) is 0 Å². The molecule has 0 spiro atoms. The normalized spacial score (nSPS) is 42.5. The summed E-state index contributed by atoms with van der Waals surface area (Å²) in [5, 5.41) is 2.90.